The third-order valence-electron chi connectivity index (χ3n) is 1.28. The van der Waals surface area contributed by atoms with Crippen molar-refractivity contribution in [1.82, 2.24) is 9.97 Å². The van der Waals surface area contributed by atoms with Gasteiger partial charge in [0, 0.05) is 11.8 Å². The van der Waals surface area contributed by atoms with Crippen molar-refractivity contribution in [2.75, 3.05) is 14.2 Å². The molecule has 0 aliphatic rings. The molecule has 1 aromatic rings. The van der Waals surface area contributed by atoms with E-state index in [-0.39, 0.29) is 0 Å². The van der Waals surface area contributed by atoms with Crippen LogP contribution in [0.25, 0.3) is 0 Å². The van der Waals surface area contributed by atoms with Crippen LogP contribution < -0.4 is 9.47 Å². The number of nitrogens with zero attached hydrogens (tertiary/aromatic N) is 2. The molecule has 4 nitrogen and oxygen atoms in total. The van der Waals surface area contributed by atoms with Gasteiger partial charge >= 0.3 is 6.01 Å². The average Bonchev–Trinajstić information content (AvgIpc) is 2.05. The molecule has 0 aliphatic carbocycles. The minimum atomic E-state index is 0.326. The average molecular weight is 154 g/mol. The Balaban J connectivity index is 3.02. The van der Waals surface area contributed by atoms with E-state index in [1.807, 2.05) is 6.92 Å². The van der Waals surface area contributed by atoms with Crippen LogP contribution in [-0.4, -0.2) is 24.2 Å². The van der Waals surface area contributed by atoms with Gasteiger partial charge in [0.15, 0.2) is 0 Å². The van der Waals surface area contributed by atoms with Gasteiger partial charge in [-0.2, -0.15) is 4.98 Å². The molecule has 0 aliphatic heterocycles. The Morgan fingerprint density at radius 2 is 2.00 bits per heavy atom. The summed E-state index contributed by atoms with van der Waals surface area (Å²) in [4.78, 5) is 7.85. The first-order valence-electron chi connectivity index (χ1n) is 3.19. The molecule has 11 heavy (non-hydrogen) atoms. The molecule has 0 atom stereocenters. The van der Waals surface area contributed by atoms with Gasteiger partial charge in [-0.25, -0.2) is 4.98 Å². The number of hydrogen-bond acceptors (Lipinski definition) is 4. The van der Waals surface area contributed by atoms with E-state index in [2.05, 4.69) is 9.97 Å². The molecule has 0 saturated carbocycles. The van der Waals surface area contributed by atoms with Crippen molar-refractivity contribution in [2.45, 2.75) is 6.92 Å². The second kappa shape index (κ2) is 3.18. The number of methoxy groups -OCH3 is 2. The van der Waals surface area contributed by atoms with E-state index in [0.717, 1.165) is 5.56 Å². The lowest BCUT2D eigenvalue weighted by Gasteiger charge is -2.03. The zero-order valence-electron chi connectivity index (χ0n) is 6.79. The minimum Gasteiger partial charge on any atom is -0.481 e. The van der Waals surface area contributed by atoms with E-state index in [1.54, 1.807) is 13.3 Å². The first kappa shape index (κ1) is 7.78. The van der Waals surface area contributed by atoms with Crippen molar-refractivity contribution < 1.29 is 9.47 Å². The highest BCUT2D eigenvalue weighted by Crippen LogP contribution is 2.14. The predicted octanol–water partition coefficient (Wildman–Crippen LogP) is 0.802. The predicted molar refractivity (Wildman–Crippen MR) is 39.9 cm³/mol. The van der Waals surface area contributed by atoms with Crippen LogP contribution in [0.5, 0.6) is 11.9 Å². The number of aromatic nitrogens is 2. The summed E-state index contributed by atoms with van der Waals surface area (Å²) >= 11 is 0. The fraction of sp³-hybridized carbons (Fsp3) is 0.429. The Morgan fingerprint density at radius 1 is 1.27 bits per heavy atom. The summed E-state index contributed by atoms with van der Waals surface area (Å²) in [6, 6.07) is 0.326. The molecule has 0 saturated heterocycles. The lowest BCUT2D eigenvalue weighted by molar-refractivity contribution is 0.350. The third-order valence-corrected chi connectivity index (χ3v) is 1.28. The van der Waals surface area contributed by atoms with E-state index >= 15 is 0 Å². The second-order valence-corrected chi connectivity index (χ2v) is 2.05. The maximum atomic E-state index is 4.96. The van der Waals surface area contributed by atoms with Crippen molar-refractivity contribution in [3.05, 3.63) is 11.8 Å². The number of ether oxygens (including phenoxy) is 2. The van der Waals surface area contributed by atoms with E-state index in [0.29, 0.717) is 11.9 Å². The van der Waals surface area contributed by atoms with Crippen molar-refractivity contribution >= 4 is 0 Å². The summed E-state index contributed by atoms with van der Waals surface area (Å²) in [6.45, 7) is 1.87. The van der Waals surface area contributed by atoms with Crippen LogP contribution in [0, 0.1) is 6.92 Å². The standard InChI is InChI=1S/C7H10N2O2/c1-5-4-8-7(11-3)9-6(5)10-2/h4H,1-3H3. The zero-order valence-corrected chi connectivity index (χ0v) is 6.79. The number of rotatable bonds is 2. The molecule has 0 amide bonds. The largest absolute Gasteiger partial charge is 0.481 e. The fourth-order valence-corrected chi connectivity index (χ4v) is 0.716. The summed E-state index contributed by atoms with van der Waals surface area (Å²) in [6.07, 6.45) is 1.66. The molecule has 1 aromatic heterocycles. The highest BCUT2D eigenvalue weighted by Gasteiger charge is 2.01. The molecule has 0 spiro atoms. The van der Waals surface area contributed by atoms with Gasteiger partial charge in [0.05, 0.1) is 14.2 Å². The van der Waals surface area contributed by atoms with Crippen LogP contribution in [0.2, 0.25) is 0 Å². The van der Waals surface area contributed by atoms with Crippen LogP contribution in [0.4, 0.5) is 0 Å². The van der Waals surface area contributed by atoms with Gasteiger partial charge in [-0.1, -0.05) is 0 Å². The molecule has 0 N–H and O–H groups in total. The van der Waals surface area contributed by atoms with Crippen LogP contribution in [0.3, 0.4) is 0 Å². The Morgan fingerprint density at radius 3 is 2.55 bits per heavy atom. The van der Waals surface area contributed by atoms with Gasteiger partial charge in [0.1, 0.15) is 0 Å². The van der Waals surface area contributed by atoms with Gasteiger partial charge in [0.2, 0.25) is 5.88 Å². The fourth-order valence-electron chi connectivity index (χ4n) is 0.716. The minimum absolute atomic E-state index is 0.326. The smallest absolute Gasteiger partial charge is 0.319 e. The summed E-state index contributed by atoms with van der Waals surface area (Å²) in [5.41, 5.74) is 0.897. The molecule has 1 heterocycles. The molecule has 0 fully saturated rings. The SMILES string of the molecule is COc1ncc(C)c(OC)n1. The van der Waals surface area contributed by atoms with E-state index < -0.39 is 0 Å². The van der Waals surface area contributed by atoms with Crippen LogP contribution >= 0.6 is 0 Å². The third kappa shape index (κ3) is 1.58. The summed E-state index contributed by atoms with van der Waals surface area (Å²) in [5, 5.41) is 0. The summed E-state index contributed by atoms with van der Waals surface area (Å²) in [7, 11) is 3.08. The van der Waals surface area contributed by atoms with Crippen molar-refractivity contribution in [3.63, 3.8) is 0 Å². The molecule has 0 radical (unpaired) electrons. The van der Waals surface area contributed by atoms with Gasteiger partial charge < -0.3 is 9.47 Å². The normalized spacial score (nSPS) is 9.36. The maximum Gasteiger partial charge on any atom is 0.319 e. The molecule has 0 bridgehead atoms. The first-order chi connectivity index (χ1) is 5.27. The number of aryl methyl sites for hydroxylation is 1. The Labute approximate surface area is 65.2 Å². The molecule has 0 aromatic carbocycles. The van der Waals surface area contributed by atoms with E-state index in [9.17, 15) is 0 Å². The Bertz CT molecular complexity index is 250. The molecule has 0 unspecified atom stereocenters. The van der Waals surface area contributed by atoms with Crippen molar-refractivity contribution in [3.8, 4) is 11.9 Å². The lowest BCUT2D eigenvalue weighted by Crippen LogP contribution is -1.96. The molecule has 4 heteroatoms. The van der Waals surface area contributed by atoms with Crippen LogP contribution in [0.15, 0.2) is 6.20 Å². The van der Waals surface area contributed by atoms with E-state index in [1.165, 1.54) is 7.11 Å². The monoisotopic (exact) mass is 154 g/mol. The van der Waals surface area contributed by atoms with Crippen molar-refractivity contribution in [2.24, 2.45) is 0 Å². The van der Waals surface area contributed by atoms with Gasteiger partial charge in [-0.15, -0.1) is 0 Å². The Kier molecular flexibility index (Phi) is 2.25. The highest BCUT2D eigenvalue weighted by molar-refractivity contribution is 5.22. The first-order valence-corrected chi connectivity index (χ1v) is 3.19. The zero-order chi connectivity index (χ0) is 8.27. The molecular formula is C7H10N2O2. The molecule has 60 valence electrons. The van der Waals surface area contributed by atoms with Gasteiger partial charge in [-0.3, -0.25) is 0 Å². The van der Waals surface area contributed by atoms with Gasteiger partial charge in [-0.05, 0) is 6.92 Å². The topological polar surface area (TPSA) is 44.2 Å². The van der Waals surface area contributed by atoms with Crippen molar-refractivity contribution in [1.29, 1.82) is 0 Å². The Hall–Kier alpha value is -1.32. The van der Waals surface area contributed by atoms with Crippen LogP contribution in [-0.2, 0) is 0 Å². The summed E-state index contributed by atoms with van der Waals surface area (Å²) < 4.78 is 9.77. The van der Waals surface area contributed by atoms with Gasteiger partial charge in [0.25, 0.3) is 0 Å². The lowest BCUT2D eigenvalue weighted by atomic mass is 10.4. The maximum absolute atomic E-state index is 4.96. The quantitative estimate of drug-likeness (QED) is 0.632. The molecule has 1 rings (SSSR count). The second-order valence-electron chi connectivity index (χ2n) is 2.05. The van der Waals surface area contributed by atoms with Crippen LogP contribution in [0.1, 0.15) is 5.56 Å². The molecular weight excluding hydrogens is 144 g/mol. The number of hydrogen-bond donors (Lipinski definition) is 0. The summed E-state index contributed by atoms with van der Waals surface area (Å²) in [5.74, 6) is 0.553. The van der Waals surface area contributed by atoms with E-state index in [4.69, 9.17) is 9.47 Å². The highest BCUT2D eigenvalue weighted by atomic mass is 16.5.